The number of hydrogen-bond donors (Lipinski definition) is 2. The van der Waals surface area contributed by atoms with Crippen LogP contribution in [-0.2, 0) is 4.84 Å². The van der Waals surface area contributed by atoms with Gasteiger partial charge in [-0.05, 0) is 95.1 Å². The molecule has 0 aromatic heterocycles. The Balaban J connectivity index is 1.54. The Morgan fingerprint density at radius 1 is 1.07 bits per heavy atom. The van der Waals surface area contributed by atoms with Crippen molar-refractivity contribution in [2.24, 2.45) is 33.7 Å². The van der Waals surface area contributed by atoms with Gasteiger partial charge in [0.1, 0.15) is 6.61 Å². The molecule has 5 heteroatoms. The van der Waals surface area contributed by atoms with Crippen LogP contribution in [0.4, 0.5) is 0 Å². The second kappa shape index (κ2) is 7.24. The molecule has 0 spiro atoms. The van der Waals surface area contributed by atoms with Crippen LogP contribution < -0.4 is 0 Å². The molecule has 0 aromatic carbocycles. The molecule has 0 heterocycles. The molecule has 0 amide bonds. The van der Waals surface area contributed by atoms with Gasteiger partial charge in [0.05, 0.1) is 17.4 Å². The van der Waals surface area contributed by atoms with E-state index >= 15 is 0 Å². The van der Waals surface area contributed by atoms with Gasteiger partial charge in [-0.3, -0.25) is 0 Å². The summed E-state index contributed by atoms with van der Waals surface area (Å²) in [6, 6.07) is 0. The molecule has 2 N–H and O–H groups in total. The number of rotatable bonds is 4. The molecule has 4 saturated carbocycles. The zero-order chi connectivity index (χ0) is 20.2. The van der Waals surface area contributed by atoms with E-state index in [1.54, 1.807) is 0 Å². The van der Waals surface area contributed by atoms with Crippen molar-refractivity contribution in [2.75, 3.05) is 27.2 Å². The monoisotopic (exact) mass is 392 g/mol. The highest BCUT2D eigenvalue weighted by Crippen LogP contribution is 2.67. The summed E-state index contributed by atoms with van der Waals surface area (Å²) in [4.78, 5) is 7.74. The smallest absolute Gasteiger partial charge is 0.129 e. The second-order valence-corrected chi connectivity index (χ2v) is 10.9. The summed E-state index contributed by atoms with van der Waals surface area (Å²) in [5.41, 5.74) is 0.466. The lowest BCUT2D eigenvalue weighted by Crippen LogP contribution is -2.62. The van der Waals surface area contributed by atoms with E-state index in [2.05, 4.69) is 23.9 Å². The first kappa shape index (κ1) is 20.6. The van der Waals surface area contributed by atoms with Gasteiger partial charge in [0.2, 0.25) is 0 Å². The van der Waals surface area contributed by atoms with Gasteiger partial charge in [-0.2, -0.15) is 0 Å². The second-order valence-electron chi connectivity index (χ2n) is 10.9. The van der Waals surface area contributed by atoms with Crippen molar-refractivity contribution in [3.05, 3.63) is 0 Å². The van der Waals surface area contributed by atoms with Gasteiger partial charge in [-0.1, -0.05) is 19.0 Å². The standard InChI is InChI=1S/C23H40N2O3/c1-21-10-7-17(26)15-16(21)5-6-19-18(21)8-11-22(2)20(9-12-23(19,22)27)24-28-14-13-25(3)4/h16-19,26-27H,5-15H2,1-4H3/t16?,17?,18-,19-,21+,22-,23-/m1/s1. The van der Waals surface area contributed by atoms with Crippen molar-refractivity contribution in [3.63, 3.8) is 0 Å². The maximum absolute atomic E-state index is 12.0. The zero-order valence-corrected chi connectivity index (χ0v) is 18.3. The fraction of sp³-hybridized carbons (Fsp3) is 0.957. The van der Waals surface area contributed by atoms with Crippen LogP contribution in [0, 0.1) is 28.6 Å². The number of nitrogens with zero attached hydrogens (tertiary/aromatic N) is 2. The lowest BCUT2D eigenvalue weighted by atomic mass is 9.44. The van der Waals surface area contributed by atoms with E-state index in [0.717, 1.165) is 63.6 Å². The van der Waals surface area contributed by atoms with E-state index in [1.807, 2.05) is 14.1 Å². The van der Waals surface area contributed by atoms with Crippen LogP contribution in [0.3, 0.4) is 0 Å². The molecule has 160 valence electrons. The molecule has 0 aliphatic heterocycles. The van der Waals surface area contributed by atoms with Gasteiger partial charge in [-0.25, -0.2) is 0 Å². The first-order valence-electron chi connectivity index (χ1n) is 11.5. The first-order chi connectivity index (χ1) is 13.2. The lowest BCUT2D eigenvalue weighted by molar-refractivity contribution is -0.191. The summed E-state index contributed by atoms with van der Waals surface area (Å²) < 4.78 is 0. The molecule has 4 aliphatic carbocycles. The van der Waals surface area contributed by atoms with Crippen molar-refractivity contribution in [2.45, 2.75) is 83.3 Å². The summed E-state index contributed by atoms with van der Waals surface area (Å²) in [5.74, 6) is 1.55. The highest BCUT2D eigenvalue weighted by atomic mass is 16.6. The fourth-order valence-electron chi connectivity index (χ4n) is 7.48. The summed E-state index contributed by atoms with van der Waals surface area (Å²) in [6.45, 7) is 6.15. The molecule has 0 aromatic rings. The van der Waals surface area contributed by atoms with E-state index in [9.17, 15) is 10.2 Å². The van der Waals surface area contributed by atoms with Gasteiger partial charge < -0.3 is 20.0 Å². The number of fused-ring (bicyclic) bond motifs is 5. The Morgan fingerprint density at radius 3 is 2.61 bits per heavy atom. The highest BCUT2D eigenvalue weighted by Gasteiger charge is 2.66. The number of hydrogen-bond acceptors (Lipinski definition) is 5. The van der Waals surface area contributed by atoms with Crippen LogP contribution in [0.1, 0.15) is 71.6 Å². The Morgan fingerprint density at radius 2 is 1.86 bits per heavy atom. The van der Waals surface area contributed by atoms with Crippen LogP contribution in [0.5, 0.6) is 0 Å². The zero-order valence-electron chi connectivity index (χ0n) is 18.3. The number of oxime groups is 1. The molecule has 0 saturated heterocycles. The Kier molecular flexibility index (Phi) is 5.33. The molecule has 7 atom stereocenters. The van der Waals surface area contributed by atoms with Crippen LogP contribution in [-0.4, -0.2) is 59.8 Å². The molecule has 4 aliphatic rings. The molecule has 4 rings (SSSR count). The van der Waals surface area contributed by atoms with Crippen molar-refractivity contribution < 1.29 is 15.1 Å². The maximum Gasteiger partial charge on any atom is 0.129 e. The van der Waals surface area contributed by atoms with Crippen LogP contribution in [0.25, 0.3) is 0 Å². The minimum atomic E-state index is -0.649. The van der Waals surface area contributed by atoms with Gasteiger partial charge in [0.15, 0.2) is 0 Å². The van der Waals surface area contributed by atoms with Gasteiger partial charge >= 0.3 is 0 Å². The number of likely N-dealkylation sites (N-methyl/N-ethyl adjacent to an activating group) is 1. The quantitative estimate of drug-likeness (QED) is 0.568. The molecule has 0 radical (unpaired) electrons. The van der Waals surface area contributed by atoms with Crippen molar-refractivity contribution in [3.8, 4) is 0 Å². The van der Waals surface area contributed by atoms with E-state index in [4.69, 9.17) is 4.84 Å². The third-order valence-electron chi connectivity index (χ3n) is 9.37. The summed E-state index contributed by atoms with van der Waals surface area (Å²) >= 11 is 0. The maximum atomic E-state index is 12.0. The third-order valence-corrected chi connectivity index (χ3v) is 9.37. The van der Waals surface area contributed by atoms with Crippen molar-refractivity contribution >= 4 is 5.71 Å². The number of aliphatic hydroxyl groups excluding tert-OH is 1. The van der Waals surface area contributed by atoms with Gasteiger partial charge in [-0.15, -0.1) is 0 Å². The van der Waals surface area contributed by atoms with Crippen LogP contribution in [0.2, 0.25) is 0 Å². The number of aliphatic hydroxyl groups is 2. The molecule has 28 heavy (non-hydrogen) atoms. The summed E-state index contributed by atoms with van der Waals surface area (Å²) in [6.07, 6.45) is 8.99. The topological polar surface area (TPSA) is 65.3 Å². The van der Waals surface area contributed by atoms with E-state index in [1.165, 1.54) is 6.42 Å². The molecular weight excluding hydrogens is 352 g/mol. The largest absolute Gasteiger partial charge is 0.394 e. The van der Waals surface area contributed by atoms with Gasteiger partial charge in [0, 0.05) is 12.0 Å². The minimum Gasteiger partial charge on any atom is -0.394 e. The SMILES string of the molecule is CN(C)CCON=C1CC[C@@]2(O)[C@@H]3CCC4CC(O)CC[C@]4(C)[C@@H]3CC[C@]12C. The lowest BCUT2D eigenvalue weighted by Gasteiger charge is -2.62. The van der Waals surface area contributed by atoms with Gasteiger partial charge in [0.25, 0.3) is 0 Å². The molecule has 5 nitrogen and oxygen atoms in total. The van der Waals surface area contributed by atoms with E-state index in [0.29, 0.717) is 24.4 Å². The van der Waals surface area contributed by atoms with E-state index in [-0.39, 0.29) is 16.9 Å². The molecule has 2 unspecified atom stereocenters. The molecule has 0 bridgehead atoms. The minimum absolute atomic E-state index is 0.115. The first-order valence-corrected chi connectivity index (χ1v) is 11.5. The average molecular weight is 393 g/mol. The Bertz CT molecular complexity index is 623. The van der Waals surface area contributed by atoms with Crippen molar-refractivity contribution in [1.82, 2.24) is 4.90 Å². The van der Waals surface area contributed by atoms with E-state index < -0.39 is 5.60 Å². The third kappa shape index (κ3) is 3.04. The summed E-state index contributed by atoms with van der Waals surface area (Å²) in [5, 5.41) is 26.8. The predicted octanol–water partition coefficient (Wildman–Crippen LogP) is 3.44. The summed E-state index contributed by atoms with van der Waals surface area (Å²) in [7, 11) is 4.07. The predicted molar refractivity (Wildman–Crippen MR) is 111 cm³/mol. The van der Waals surface area contributed by atoms with Crippen molar-refractivity contribution in [1.29, 1.82) is 0 Å². The van der Waals surface area contributed by atoms with Crippen LogP contribution in [0.15, 0.2) is 5.16 Å². The molecular formula is C23H40N2O3. The Hall–Kier alpha value is -0.650. The average Bonchev–Trinajstić information content (AvgIpc) is 2.90. The highest BCUT2D eigenvalue weighted by molar-refractivity contribution is 5.93. The Labute approximate surface area is 170 Å². The fourth-order valence-corrected chi connectivity index (χ4v) is 7.48. The van der Waals surface area contributed by atoms with Crippen LogP contribution >= 0.6 is 0 Å². The molecule has 4 fully saturated rings. The normalized spacial score (nSPS) is 49.6.